The lowest BCUT2D eigenvalue weighted by molar-refractivity contribution is 0.414. The molecule has 4 nitrogen and oxygen atoms in total. The maximum Gasteiger partial charge on any atom is 0.119 e. The molecule has 0 bridgehead atoms. The summed E-state index contributed by atoms with van der Waals surface area (Å²) in [5.41, 5.74) is 13.5. The molecule has 0 saturated carbocycles. The zero-order valence-corrected chi connectivity index (χ0v) is 31.2. The van der Waals surface area contributed by atoms with Gasteiger partial charge in [0.2, 0.25) is 0 Å². The number of hydrogen-bond donors (Lipinski definition) is 0. The molecule has 0 N–H and O–H groups in total. The fraction of sp³-hybridized carbons (Fsp3) is 0.0800. The van der Waals surface area contributed by atoms with Crippen LogP contribution in [0.3, 0.4) is 0 Å². The van der Waals surface area contributed by atoms with Crippen LogP contribution in [0.15, 0.2) is 170 Å². The Morgan fingerprint density at radius 2 is 0.611 bits per heavy atom. The molecule has 54 heavy (non-hydrogen) atoms. The van der Waals surface area contributed by atoms with Crippen molar-refractivity contribution in [3.63, 3.8) is 0 Å². The smallest absolute Gasteiger partial charge is 0.119 e. The molecule has 0 atom stereocenters. The van der Waals surface area contributed by atoms with E-state index in [2.05, 4.69) is 194 Å². The van der Waals surface area contributed by atoms with E-state index in [9.17, 15) is 0 Å². The van der Waals surface area contributed by atoms with Crippen molar-refractivity contribution in [2.75, 3.05) is 24.0 Å². The third kappa shape index (κ3) is 8.63. The lowest BCUT2D eigenvalue weighted by Crippen LogP contribution is -2.09. The molecule has 7 rings (SSSR count). The Morgan fingerprint density at radius 1 is 0.333 bits per heavy atom. The van der Waals surface area contributed by atoms with Crippen LogP contribution in [0, 0.1) is 13.8 Å². The van der Waals surface area contributed by atoms with Crippen molar-refractivity contribution in [1.82, 2.24) is 0 Å². The van der Waals surface area contributed by atoms with Crippen molar-refractivity contribution in [2.24, 2.45) is 0 Å². The Bertz CT molecular complexity index is 2160. The van der Waals surface area contributed by atoms with Crippen LogP contribution in [-0.4, -0.2) is 14.2 Å². The van der Waals surface area contributed by atoms with Gasteiger partial charge in [-0.1, -0.05) is 102 Å². The van der Waals surface area contributed by atoms with Crippen molar-refractivity contribution < 1.29 is 9.47 Å². The fourth-order valence-electron chi connectivity index (χ4n) is 6.36. The van der Waals surface area contributed by atoms with Gasteiger partial charge in [0.05, 0.1) is 14.2 Å². The van der Waals surface area contributed by atoms with Crippen molar-refractivity contribution >= 4 is 58.4 Å². The van der Waals surface area contributed by atoms with E-state index in [1.54, 1.807) is 14.2 Å². The predicted molar refractivity (Wildman–Crippen MR) is 229 cm³/mol. The Morgan fingerprint density at radius 3 is 0.926 bits per heavy atom. The fourth-order valence-corrected chi connectivity index (χ4v) is 6.36. The third-order valence-electron chi connectivity index (χ3n) is 9.40. The second kappa shape index (κ2) is 16.7. The lowest BCUT2D eigenvalue weighted by atomic mass is 10.1. The Balaban J connectivity index is 1.05. The van der Waals surface area contributed by atoms with Crippen molar-refractivity contribution in [1.29, 1.82) is 0 Å². The molecule has 7 aromatic rings. The zero-order valence-electron chi connectivity index (χ0n) is 31.2. The minimum absolute atomic E-state index is 0.837. The zero-order chi connectivity index (χ0) is 37.3. The first kappa shape index (κ1) is 35.6. The van der Waals surface area contributed by atoms with Gasteiger partial charge in [-0.05, 0) is 139 Å². The maximum absolute atomic E-state index is 5.41. The SMILES string of the molecule is COc1ccc(N(c2ccc(C)cc2)c2ccc(C=Cc3cccc(C=Cc4ccc(N(c5ccc(C)cc5)c5ccc(OC)cc5)cc4)c3)cc2)cc1. The average Bonchev–Trinajstić information content (AvgIpc) is 3.22. The maximum atomic E-state index is 5.41. The average molecular weight is 705 g/mol. The van der Waals surface area contributed by atoms with Crippen LogP contribution in [0.1, 0.15) is 33.4 Å². The van der Waals surface area contributed by atoms with Gasteiger partial charge in [-0.3, -0.25) is 0 Å². The third-order valence-corrected chi connectivity index (χ3v) is 9.40. The highest BCUT2D eigenvalue weighted by atomic mass is 16.5. The van der Waals surface area contributed by atoms with Gasteiger partial charge in [0, 0.05) is 34.1 Å². The molecule has 0 aliphatic rings. The standard InChI is InChI=1S/C50H44N2O2/c1-37-8-20-43(21-9-37)51(47-28-32-49(53-3)33-29-47)45-24-16-39(17-25-45)12-14-41-6-5-7-42(36-41)15-13-40-18-26-46(27-19-40)52(44-22-10-38(2)11-23-44)48-30-34-50(54-4)35-31-48/h5-36H,1-4H3. The van der Waals surface area contributed by atoms with Gasteiger partial charge < -0.3 is 19.3 Å². The summed E-state index contributed by atoms with van der Waals surface area (Å²) in [7, 11) is 3.38. The number of ether oxygens (including phenoxy) is 2. The highest BCUT2D eigenvalue weighted by Gasteiger charge is 2.14. The molecule has 0 heterocycles. The first-order valence-electron chi connectivity index (χ1n) is 18.1. The second-order valence-electron chi connectivity index (χ2n) is 13.3. The van der Waals surface area contributed by atoms with Crippen molar-refractivity contribution in [2.45, 2.75) is 13.8 Å². The summed E-state index contributed by atoms with van der Waals surface area (Å²) in [6.07, 6.45) is 8.66. The molecule has 7 aromatic carbocycles. The van der Waals surface area contributed by atoms with Gasteiger partial charge in [-0.25, -0.2) is 0 Å². The molecule has 4 heteroatoms. The summed E-state index contributed by atoms with van der Waals surface area (Å²) in [5.74, 6) is 1.67. The number of hydrogen-bond acceptors (Lipinski definition) is 4. The summed E-state index contributed by atoms with van der Waals surface area (Å²) in [6, 6.07) is 59.5. The van der Waals surface area contributed by atoms with E-state index in [0.717, 1.165) is 67.9 Å². The highest BCUT2D eigenvalue weighted by molar-refractivity contribution is 5.80. The van der Waals surface area contributed by atoms with Crippen molar-refractivity contribution in [3.8, 4) is 11.5 Å². The van der Waals surface area contributed by atoms with Gasteiger partial charge in [-0.2, -0.15) is 0 Å². The van der Waals surface area contributed by atoms with Crippen LogP contribution in [0.2, 0.25) is 0 Å². The summed E-state index contributed by atoms with van der Waals surface area (Å²) < 4.78 is 10.8. The number of benzene rings is 7. The van der Waals surface area contributed by atoms with Gasteiger partial charge in [-0.15, -0.1) is 0 Å². The molecule has 0 aliphatic carbocycles. The van der Waals surface area contributed by atoms with E-state index in [1.165, 1.54) is 11.1 Å². The van der Waals surface area contributed by atoms with E-state index in [4.69, 9.17) is 9.47 Å². The van der Waals surface area contributed by atoms with E-state index >= 15 is 0 Å². The first-order valence-corrected chi connectivity index (χ1v) is 18.1. The van der Waals surface area contributed by atoms with E-state index in [0.29, 0.717) is 0 Å². The Hall–Kier alpha value is -6.78. The molecule has 0 radical (unpaired) electrons. The Labute approximate surface area is 319 Å². The summed E-state index contributed by atoms with van der Waals surface area (Å²) in [5, 5.41) is 0. The van der Waals surface area contributed by atoms with Gasteiger partial charge in [0.15, 0.2) is 0 Å². The number of nitrogens with zero attached hydrogens (tertiary/aromatic N) is 2. The molecule has 0 spiro atoms. The second-order valence-corrected chi connectivity index (χ2v) is 13.3. The minimum atomic E-state index is 0.837. The number of anilines is 6. The number of rotatable bonds is 12. The molecule has 0 amide bonds. The number of aryl methyl sites for hydroxylation is 2. The molecule has 0 saturated heterocycles. The van der Waals surface area contributed by atoms with E-state index in [1.807, 2.05) is 24.3 Å². The van der Waals surface area contributed by atoms with Crippen molar-refractivity contribution in [3.05, 3.63) is 203 Å². The van der Waals surface area contributed by atoms with Gasteiger partial charge in [0.1, 0.15) is 11.5 Å². The molecule has 266 valence electrons. The predicted octanol–water partition coefficient (Wildman–Crippen LogP) is 13.6. The normalized spacial score (nSPS) is 11.2. The highest BCUT2D eigenvalue weighted by Crippen LogP contribution is 2.37. The lowest BCUT2D eigenvalue weighted by Gasteiger charge is -2.26. The number of methoxy groups -OCH3 is 2. The topological polar surface area (TPSA) is 24.9 Å². The summed E-state index contributed by atoms with van der Waals surface area (Å²) >= 11 is 0. The molecule has 0 aliphatic heterocycles. The van der Waals surface area contributed by atoms with Crippen LogP contribution < -0.4 is 19.3 Å². The summed E-state index contributed by atoms with van der Waals surface area (Å²) in [6.45, 7) is 4.22. The van der Waals surface area contributed by atoms with Crippen LogP contribution in [-0.2, 0) is 0 Å². The molecule has 0 fully saturated rings. The van der Waals surface area contributed by atoms with Crippen LogP contribution in [0.25, 0.3) is 24.3 Å². The van der Waals surface area contributed by atoms with Crippen LogP contribution in [0.5, 0.6) is 11.5 Å². The Kier molecular flexibility index (Phi) is 11.0. The molecular formula is C50H44N2O2. The molecule has 0 unspecified atom stereocenters. The monoisotopic (exact) mass is 704 g/mol. The van der Waals surface area contributed by atoms with E-state index in [-0.39, 0.29) is 0 Å². The van der Waals surface area contributed by atoms with Crippen LogP contribution in [0.4, 0.5) is 34.1 Å². The molecular weight excluding hydrogens is 661 g/mol. The minimum Gasteiger partial charge on any atom is -0.497 e. The summed E-state index contributed by atoms with van der Waals surface area (Å²) in [4.78, 5) is 4.52. The first-order chi connectivity index (χ1) is 26.4. The van der Waals surface area contributed by atoms with Crippen LogP contribution >= 0.6 is 0 Å². The largest absolute Gasteiger partial charge is 0.497 e. The van der Waals surface area contributed by atoms with E-state index < -0.39 is 0 Å². The van der Waals surface area contributed by atoms with Gasteiger partial charge >= 0.3 is 0 Å². The molecule has 0 aromatic heterocycles. The van der Waals surface area contributed by atoms with Gasteiger partial charge in [0.25, 0.3) is 0 Å². The quantitative estimate of drug-likeness (QED) is 0.118.